The molecule has 4 aromatic heterocycles. The van der Waals surface area contributed by atoms with E-state index in [4.69, 9.17) is 28.9 Å². The number of hydrogen-bond acceptors (Lipinski definition) is 18. The van der Waals surface area contributed by atoms with Gasteiger partial charge in [0.05, 0.1) is 45.5 Å². The van der Waals surface area contributed by atoms with Crippen LogP contribution in [-0.4, -0.2) is 130 Å². The molecular formula is C74H84F2N10O10S2. The van der Waals surface area contributed by atoms with Crippen LogP contribution in [0, 0.1) is 48.1 Å². The maximum atomic E-state index is 15.3. The molecule has 516 valence electrons. The number of hydrogen-bond donors (Lipinski definition) is 2. The SMILES string of the molecule is Cc1ccc2c(CS(=O)(=O)C[C@@H]3CC34CC4)c(F)ccc2c1Oc1ncccc1-c1ccnc(N[C@H]2CCCN(C(=O)OC(C)(C)C)C2)n1.Cc1ccc2c(CS(=O)(=O)C[C@H]3CC34CC4)c(F)ccc2c1Oc1ncccc1-c1ccnc(N[C@H]2CCCN(C(=O)OC(C)(C)C)C2)n1. The molecule has 6 heterocycles. The van der Waals surface area contributed by atoms with E-state index in [1.807, 2.05) is 79.7 Å². The van der Waals surface area contributed by atoms with Crippen molar-refractivity contribution in [1.82, 2.24) is 39.7 Å². The van der Waals surface area contributed by atoms with Crippen molar-refractivity contribution in [2.75, 3.05) is 48.3 Å². The van der Waals surface area contributed by atoms with Crippen LogP contribution in [0.15, 0.2) is 110 Å². The third-order valence-electron chi connectivity index (χ3n) is 19.6. The molecule has 0 radical (unpaired) electrons. The number of amides is 2. The molecule has 24 heteroatoms. The van der Waals surface area contributed by atoms with Gasteiger partial charge in [0.2, 0.25) is 23.7 Å². The Labute approximate surface area is 570 Å². The van der Waals surface area contributed by atoms with Gasteiger partial charge in [0.1, 0.15) is 34.3 Å². The fourth-order valence-corrected chi connectivity index (χ4v) is 17.8. The highest BCUT2D eigenvalue weighted by Crippen LogP contribution is 2.71. The largest absolute Gasteiger partial charge is 0.444 e. The van der Waals surface area contributed by atoms with Gasteiger partial charge in [-0.3, -0.25) is 0 Å². The van der Waals surface area contributed by atoms with Gasteiger partial charge in [-0.15, -0.1) is 0 Å². The van der Waals surface area contributed by atoms with Crippen LogP contribution >= 0.6 is 0 Å². The van der Waals surface area contributed by atoms with Crippen molar-refractivity contribution < 1.29 is 54.2 Å². The number of ether oxygens (including phenoxy) is 4. The highest BCUT2D eigenvalue weighted by atomic mass is 32.2. The van der Waals surface area contributed by atoms with E-state index in [1.54, 1.807) is 83.1 Å². The molecule has 4 atom stereocenters. The number of piperidine rings is 2. The lowest BCUT2D eigenvalue weighted by Crippen LogP contribution is -2.47. The van der Waals surface area contributed by atoms with Crippen molar-refractivity contribution in [2.45, 2.75) is 154 Å². The normalized spacial score (nSPS) is 19.9. The predicted molar refractivity (Wildman–Crippen MR) is 371 cm³/mol. The van der Waals surface area contributed by atoms with Gasteiger partial charge in [-0.1, -0.05) is 24.3 Å². The molecule has 2 spiro atoms. The summed E-state index contributed by atoms with van der Waals surface area (Å²) in [5.41, 5.74) is 3.64. The number of anilines is 2. The molecule has 0 bridgehead atoms. The molecular weight excluding hydrogens is 1290 g/mol. The standard InChI is InChI=1S/2C37H42FN5O5S/c2*1-23-9-10-26-27(11-12-30(38)29(26)22-49(45,46)21-24-19-37(24)14-15-37)32(23)47-33-28(8-5-16-39-33)31-13-17-40-34(42-31)41-25-7-6-18-43(20-25)35(44)48-36(2,3)4/h2*5,8-13,16-17,24-25H,6-7,14-15,18-22H2,1-4H3,(H,40,41,42)/t24-,25+;24-,25-/m10/s1. The molecule has 2 aliphatic heterocycles. The number of aromatic nitrogens is 6. The fourth-order valence-electron chi connectivity index (χ4n) is 13.9. The van der Waals surface area contributed by atoms with E-state index >= 15 is 8.78 Å². The minimum atomic E-state index is -3.51. The Balaban J connectivity index is 0.000000176. The fraction of sp³-hybridized carbons (Fsp3) is 0.459. The topological polar surface area (TPSA) is 247 Å². The van der Waals surface area contributed by atoms with Crippen molar-refractivity contribution in [1.29, 1.82) is 0 Å². The van der Waals surface area contributed by atoms with Gasteiger partial charge in [-0.25, -0.2) is 65.1 Å². The van der Waals surface area contributed by atoms with Gasteiger partial charge in [0.15, 0.2) is 19.7 Å². The summed E-state index contributed by atoms with van der Waals surface area (Å²) in [6.07, 6.45) is 15.6. The Morgan fingerprint density at radius 1 is 0.541 bits per heavy atom. The lowest BCUT2D eigenvalue weighted by Gasteiger charge is -2.34. The molecule has 8 aromatic rings. The van der Waals surface area contributed by atoms with Crippen molar-refractivity contribution in [3.05, 3.63) is 144 Å². The predicted octanol–water partition coefficient (Wildman–Crippen LogP) is 14.9. The summed E-state index contributed by atoms with van der Waals surface area (Å²) < 4.78 is 108. The molecule has 98 heavy (non-hydrogen) atoms. The first-order valence-corrected chi connectivity index (χ1v) is 37.5. The summed E-state index contributed by atoms with van der Waals surface area (Å²) in [5.74, 6) is 1.13. The monoisotopic (exact) mass is 1370 g/mol. The summed E-state index contributed by atoms with van der Waals surface area (Å²) >= 11 is 0. The molecule has 0 unspecified atom stereocenters. The average molecular weight is 1380 g/mol. The number of rotatable bonds is 18. The Morgan fingerprint density at radius 3 is 1.32 bits per heavy atom. The number of sulfone groups is 2. The third kappa shape index (κ3) is 15.8. The minimum Gasteiger partial charge on any atom is -0.444 e. The van der Waals surface area contributed by atoms with Gasteiger partial charge >= 0.3 is 12.2 Å². The minimum absolute atomic E-state index is 0.0584. The summed E-state index contributed by atoms with van der Waals surface area (Å²) in [7, 11) is -7.02. The number of halogens is 2. The van der Waals surface area contributed by atoms with E-state index < -0.39 is 42.5 Å². The summed E-state index contributed by atoms with van der Waals surface area (Å²) in [4.78, 5) is 56.2. The Kier molecular flexibility index (Phi) is 18.4. The number of fused-ring (bicyclic) bond motifs is 2. The first kappa shape index (κ1) is 67.9. The molecule has 2 saturated heterocycles. The van der Waals surface area contributed by atoms with E-state index in [1.165, 1.54) is 12.1 Å². The number of pyridine rings is 2. The lowest BCUT2D eigenvalue weighted by molar-refractivity contribution is 0.0196. The highest BCUT2D eigenvalue weighted by Gasteiger charge is 2.64. The second-order valence-corrected chi connectivity index (χ2v) is 33.8. The van der Waals surface area contributed by atoms with E-state index in [-0.39, 0.29) is 81.1 Å². The average Bonchev–Trinajstić information content (AvgIpc) is 1.55. The Morgan fingerprint density at radius 2 is 0.939 bits per heavy atom. The number of nitrogens with zero attached hydrogens (tertiary/aromatic N) is 8. The van der Waals surface area contributed by atoms with Crippen molar-refractivity contribution >= 4 is 65.3 Å². The quantitative estimate of drug-likeness (QED) is 0.0810. The molecule has 4 saturated carbocycles. The second kappa shape index (κ2) is 26.6. The summed E-state index contributed by atoms with van der Waals surface area (Å²) in [6.45, 7) is 17.1. The maximum absolute atomic E-state index is 15.3. The van der Waals surface area contributed by atoms with E-state index in [9.17, 15) is 26.4 Å². The number of aryl methyl sites for hydroxylation is 2. The Hall–Kier alpha value is -8.64. The van der Waals surface area contributed by atoms with Crippen LogP contribution in [0.5, 0.6) is 23.3 Å². The van der Waals surface area contributed by atoms with Crippen molar-refractivity contribution in [2.24, 2.45) is 22.7 Å². The van der Waals surface area contributed by atoms with E-state index in [0.717, 1.165) is 75.3 Å². The van der Waals surface area contributed by atoms with Gasteiger partial charge in [-0.05, 0) is 225 Å². The molecule has 4 aromatic carbocycles. The molecule has 4 aliphatic carbocycles. The lowest BCUT2D eigenvalue weighted by atomic mass is 10.0. The smallest absolute Gasteiger partial charge is 0.410 e. The first-order valence-electron chi connectivity index (χ1n) is 33.8. The highest BCUT2D eigenvalue weighted by molar-refractivity contribution is 7.90. The number of benzene rings is 4. The van der Waals surface area contributed by atoms with Crippen LogP contribution in [0.25, 0.3) is 44.1 Å². The molecule has 2 amide bonds. The van der Waals surface area contributed by atoms with Crippen LogP contribution in [0.3, 0.4) is 0 Å². The van der Waals surface area contributed by atoms with Gasteiger partial charge < -0.3 is 39.4 Å². The molecule has 2 N–H and O–H groups in total. The van der Waals surface area contributed by atoms with E-state index in [2.05, 4.69) is 30.6 Å². The summed E-state index contributed by atoms with van der Waals surface area (Å²) in [5, 5.41) is 8.96. The maximum Gasteiger partial charge on any atom is 0.410 e. The zero-order chi connectivity index (χ0) is 69.1. The van der Waals surface area contributed by atoms with Gasteiger partial charge in [0, 0.05) is 84.9 Å². The van der Waals surface area contributed by atoms with Crippen LogP contribution in [-0.2, 0) is 40.7 Å². The molecule has 20 nitrogen and oxygen atoms in total. The number of nitrogens with one attached hydrogen (secondary N) is 2. The van der Waals surface area contributed by atoms with Crippen LogP contribution in [0.2, 0.25) is 0 Å². The van der Waals surface area contributed by atoms with Crippen LogP contribution < -0.4 is 20.1 Å². The Bertz CT molecular complexity index is 4350. The summed E-state index contributed by atoms with van der Waals surface area (Å²) in [6, 6.07) is 23.7. The van der Waals surface area contributed by atoms with Crippen molar-refractivity contribution in [3.63, 3.8) is 0 Å². The number of carbonyl (C=O) groups excluding carboxylic acids is 2. The van der Waals surface area contributed by atoms with Gasteiger partial charge in [0.25, 0.3) is 0 Å². The zero-order valence-corrected chi connectivity index (χ0v) is 58.3. The molecule has 6 aliphatic rings. The van der Waals surface area contributed by atoms with Gasteiger partial charge in [-0.2, -0.15) is 0 Å². The zero-order valence-electron chi connectivity index (χ0n) is 56.7. The van der Waals surface area contributed by atoms with E-state index in [0.29, 0.717) is 105 Å². The number of likely N-dealkylation sites (tertiary alicyclic amines) is 2. The second-order valence-electron chi connectivity index (χ2n) is 29.6. The van der Waals surface area contributed by atoms with Crippen LogP contribution in [0.4, 0.5) is 30.3 Å². The third-order valence-corrected chi connectivity index (χ3v) is 22.8. The van der Waals surface area contributed by atoms with Crippen molar-refractivity contribution in [3.8, 4) is 45.8 Å². The first-order chi connectivity index (χ1) is 46.6. The molecule has 14 rings (SSSR count). The van der Waals surface area contributed by atoms with Crippen LogP contribution in [0.1, 0.15) is 128 Å². The molecule has 6 fully saturated rings. The number of carbonyl (C=O) groups is 2.